The number of carboxylic acids is 1. The molecule has 0 spiro atoms. The van der Waals surface area contributed by atoms with Crippen molar-refractivity contribution >= 4 is 11.9 Å². The summed E-state index contributed by atoms with van der Waals surface area (Å²) in [6.07, 6.45) is 2.39. The number of nitrogens with zero attached hydrogens (tertiary/aromatic N) is 2. The van der Waals surface area contributed by atoms with Gasteiger partial charge in [0.05, 0.1) is 0 Å². The summed E-state index contributed by atoms with van der Waals surface area (Å²) in [6.45, 7) is 7.59. The highest BCUT2D eigenvalue weighted by molar-refractivity contribution is 5.94. The number of carboxylic acid groups (broad SMARTS) is 1. The van der Waals surface area contributed by atoms with Crippen molar-refractivity contribution in [2.45, 2.75) is 46.2 Å². The molecule has 0 bridgehead atoms. The lowest BCUT2D eigenvalue weighted by atomic mass is 9.99. The highest BCUT2D eigenvalue weighted by Crippen LogP contribution is 2.10. The van der Waals surface area contributed by atoms with Gasteiger partial charge in [-0.3, -0.25) is 9.48 Å². The second-order valence-electron chi connectivity index (χ2n) is 4.95. The molecule has 0 aliphatic carbocycles. The third kappa shape index (κ3) is 3.81. The highest BCUT2D eigenvalue weighted by atomic mass is 16.4. The number of nitrogens with one attached hydrogen (secondary N) is 1. The van der Waals surface area contributed by atoms with E-state index in [0.717, 1.165) is 0 Å². The van der Waals surface area contributed by atoms with Crippen molar-refractivity contribution in [2.24, 2.45) is 5.92 Å². The lowest BCUT2D eigenvalue weighted by Crippen LogP contribution is -2.45. The zero-order valence-electron chi connectivity index (χ0n) is 11.8. The van der Waals surface area contributed by atoms with Gasteiger partial charge in [-0.2, -0.15) is 5.10 Å². The quantitative estimate of drug-likeness (QED) is 0.821. The molecule has 0 fully saturated rings. The second kappa shape index (κ2) is 6.36. The van der Waals surface area contributed by atoms with Gasteiger partial charge in [-0.05, 0) is 25.8 Å². The molecule has 6 heteroatoms. The Labute approximate surface area is 112 Å². The van der Waals surface area contributed by atoms with Crippen molar-refractivity contribution in [3.63, 3.8) is 0 Å². The third-order valence-corrected chi connectivity index (χ3v) is 3.14. The zero-order chi connectivity index (χ0) is 14.6. The maximum atomic E-state index is 12.0. The zero-order valence-corrected chi connectivity index (χ0v) is 11.8. The molecule has 0 saturated heterocycles. The van der Waals surface area contributed by atoms with Crippen LogP contribution in [0.25, 0.3) is 0 Å². The third-order valence-electron chi connectivity index (χ3n) is 3.14. The second-order valence-corrected chi connectivity index (χ2v) is 4.95. The molecule has 2 N–H and O–H groups in total. The molecule has 1 heterocycles. The SMILES string of the molecule is CC[C@H](C)[C@H](NC(=O)c1ccn(C(C)C)n1)C(=O)O. The van der Waals surface area contributed by atoms with E-state index in [0.29, 0.717) is 6.42 Å². The molecule has 2 atom stereocenters. The summed E-state index contributed by atoms with van der Waals surface area (Å²) in [5.74, 6) is -1.60. The Kier molecular flexibility index (Phi) is 5.09. The first-order valence-corrected chi connectivity index (χ1v) is 6.45. The van der Waals surface area contributed by atoms with E-state index in [1.54, 1.807) is 23.9 Å². The molecule has 106 valence electrons. The van der Waals surface area contributed by atoms with E-state index in [4.69, 9.17) is 5.11 Å². The van der Waals surface area contributed by atoms with Crippen LogP contribution in [-0.2, 0) is 4.79 Å². The molecule has 0 aliphatic heterocycles. The summed E-state index contributed by atoms with van der Waals surface area (Å²) >= 11 is 0. The first-order chi connectivity index (χ1) is 8.86. The van der Waals surface area contributed by atoms with E-state index in [1.807, 2.05) is 20.8 Å². The van der Waals surface area contributed by atoms with Crippen LogP contribution in [0.4, 0.5) is 0 Å². The van der Waals surface area contributed by atoms with E-state index < -0.39 is 17.9 Å². The molecule has 0 aliphatic rings. The van der Waals surface area contributed by atoms with E-state index in [9.17, 15) is 9.59 Å². The standard InChI is InChI=1S/C13H21N3O3/c1-5-9(4)11(13(18)19)14-12(17)10-6-7-16(15-10)8(2)3/h6-9,11H,5H2,1-4H3,(H,14,17)(H,18,19)/t9-,11-/m0/s1. The molecule has 0 unspecified atom stereocenters. The van der Waals surface area contributed by atoms with Crippen LogP contribution in [0.1, 0.15) is 50.6 Å². The minimum atomic E-state index is -1.02. The van der Waals surface area contributed by atoms with Gasteiger partial charge in [-0.1, -0.05) is 20.3 Å². The minimum Gasteiger partial charge on any atom is -0.480 e. The van der Waals surface area contributed by atoms with Crippen molar-refractivity contribution in [3.8, 4) is 0 Å². The van der Waals surface area contributed by atoms with Crippen LogP contribution in [-0.4, -0.2) is 32.8 Å². The molecule has 19 heavy (non-hydrogen) atoms. The summed E-state index contributed by atoms with van der Waals surface area (Å²) in [4.78, 5) is 23.1. The maximum Gasteiger partial charge on any atom is 0.326 e. The van der Waals surface area contributed by atoms with Crippen LogP contribution in [0, 0.1) is 5.92 Å². The van der Waals surface area contributed by atoms with Gasteiger partial charge in [0.2, 0.25) is 0 Å². The van der Waals surface area contributed by atoms with Gasteiger partial charge in [-0.25, -0.2) is 4.79 Å². The molecule has 1 aromatic heterocycles. The average molecular weight is 267 g/mol. The number of carbonyl (C=O) groups is 2. The molecular weight excluding hydrogens is 246 g/mol. The van der Waals surface area contributed by atoms with Gasteiger partial charge >= 0.3 is 5.97 Å². The summed E-state index contributed by atoms with van der Waals surface area (Å²) in [7, 11) is 0. The summed E-state index contributed by atoms with van der Waals surface area (Å²) in [5.41, 5.74) is 0.239. The number of hydrogen-bond acceptors (Lipinski definition) is 3. The van der Waals surface area contributed by atoms with Crippen LogP contribution in [0.3, 0.4) is 0 Å². The Balaban J connectivity index is 2.79. The largest absolute Gasteiger partial charge is 0.480 e. The van der Waals surface area contributed by atoms with Crippen LogP contribution in [0.5, 0.6) is 0 Å². The van der Waals surface area contributed by atoms with Crippen LogP contribution < -0.4 is 5.32 Å². The lowest BCUT2D eigenvalue weighted by Gasteiger charge is -2.19. The van der Waals surface area contributed by atoms with Crippen LogP contribution in [0.2, 0.25) is 0 Å². The van der Waals surface area contributed by atoms with E-state index in [2.05, 4.69) is 10.4 Å². The number of carbonyl (C=O) groups excluding carboxylic acids is 1. The minimum absolute atomic E-state index is 0.131. The van der Waals surface area contributed by atoms with Crippen molar-refractivity contribution in [1.82, 2.24) is 15.1 Å². The Morgan fingerprint density at radius 1 is 1.42 bits per heavy atom. The molecule has 0 saturated carbocycles. The predicted octanol–water partition coefficient (Wildman–Crippen LogP) is 1.69. The normalized spacial score (nSPS) is 14.2. The average Bonchev–Trinajstić information content (AvgIpc) is 2.84. The number of aliphatic carboxylic acids is 1. The number of rotatable bonds is 6. The summed E-state index contributed by atoms with van der Waals surface area (Å²) in [6, 6.07) is 0.860. The van der Waals surface area contributed by atoms with Gasteiger partial charge in [-0.15, -0.1) is 0 Å². The van der Waals surface area contributed by atoms with Gasteiger partial charge in [0.1, 0.15) is 11.7 Å². The fourth-order valence-corrected chi connectivity index (χ4v) is 1.65. The predicted molar refractivity (Wildman–Crippen MR) is 71.0 cm³/mol. The van der Waals surface area contributed by atoms with Gasteiger partial charge < -0.3 is 10.4 Å². The monoisotopic (exact) mass is 267 g/mol. The fourth-order valence-electron chi connectivity index (χ4n) is 1.65. The maximum absolute atomic E-state index is 12.0. The van der Waals surface area contributed by atoms with E-state index in [-0.39, 0.29) is 17.7 Å². The molecular formula is C13H21N3O3. The van der Waals surface area contributed by atoms with Crippen molar-refractivity contribution in [3.05, 3.63) is 18.0 Å². The molecule has 1 aromatic rings. The van der Waals surface area contributed by atoms with Crippen LogP contribution in [0.15, 0.2) is 12.3 Å². The molecule has 6 nitrogen and oxygen atoms in total. The summed E-state index contributed by atoms with van der Waals surface area (Å²) < 4.78 is 1.66. The Morgan fingerprint density at radius 3 is 2.47 bits per heavy atom. The molecule has 0 aromatic carbocycles. The molecule has 0 radical (unpaired) electrons. The number of amides is 1. The van der Waals surface area contributed by atoms with E-state index in [1.165, 1.54) is 0 Å². The number of hydrogen-bond donors (Lipinski definition) is 2. The van der Waals surface area contributed by atoms with Crippen molar-refractivity contribution in [2.75, 3.05) is 0 Å². The number of aromatic nitrogens is 2. The highest BCUT2D eigenvalue weighted by Gasteiger charge is 2.26. The van der Waals surface area contributed by atoms with Gasteiger partial charge in [0.25, 0.3) is 5.91 Å². The van der Waals surface area contributed by atoms with Gasteiger partial charge in [0, 0.05) is 12.2 Å². The van der Waals surface area contributed by atoms with Crippen molar-refractivity contribution < 1.29 is 14.7 Å². The van der Waals surface area contributed by atoms with Crippen LogP contribution >= 0.6 is 0 Å². The Hall–Kier alpha value is -1.85. The Morgan fingerprint density at radius 2 is 2.05 bits per heavy atom. The molecule has 1 amide bonds. The van der Waals surface area contributed by atoms with Gasteiger partial charge in [0.15, 0.2) is 0 Å². The smallest absolute Gasteiger partial charge is 0.326 e. The first kappa shape index (κ1) is 15.2. The topological polar surface area (TPSA) is 84.2 Å². The Bertz CT molecular complexity index is 454. The lowest BCUT2D eigenvalue weighted by molar-refractivity contribution is -0.140. The molecule has 1 rings (SSSR count). The first-order valence-electron chi connectivity index (χ1n) is 6.45. The van der Waals surface area contributed by atoms with Crippen molar-refractivity contribution in [1.29, 1.82) is 0 Å². The van der Waals surface area contributed by atoms with E-state index >= 15 is 0 Å². The summed E-state index contributed by atoms with van der Waals surface area (Å²) in [5, 5.41) is 15.8. The fraction of sp³-hybridized carbons (Fsp3) is 0.615.